The van der Waals surface area contributed by atoms with E-state index in [0.29, 0.717) is 36.9 Å². The maximum Gasteiger partial charge on any atom is 0.309 e. The molecule has 8 heteroatoms. The fourth-order valence-corrected chi connectivity index (χ4v) is 12.7. The summed E-state index contributed by atoms with van der Waals surface area (Å²) < 4.78 is 6.29. The maximum absolute atomic E-state index is 13.7. The molecule has 0 radical (unpaired) electrons. The summed E-state index contributed by atoms with van der Waals surface area (Å²) in [5, 5.41) is 12.7. The minimum absolute atomic E-state index is 0.0691. The molecule has 5 fully saturated rings. The molecule has 0 aliphatic heterocycles. The molecule has 266 valence electrons. The zero-order chi connectivity index (χ0) is 35.4. The fraction of sp³-hybridized carbons (Fsp3) is 0.825. The Morgan fingerprint density at radius 2 is 1.60 bits per heavy atom. The van der Waals surface area contributed by atoms with Crippen LogP contribution in [0.4, 0.5) is 0 Å². The molecule has 0 bridgehead atoms. The summed E-state index contributed by atoms with van der Waals surface area (Å²) in [6, 6.07) is 0. The highest BCUT2D eigenvalue weighted by Gasteiger charge is 2.67. The van der Waals surface area contributed by atoms with Crippen molar-refractivity contribution in [3.05, 3.63) is 11.1 Å². The van der Waals surface area contributed by atoms with Crippen LogP contribution in [0.3, 0.4) is 0 Å². The molecule has 0 aromatic carbocycles. The zero-order valence-electron chi connectivity index (χ0n) is 30.7. The molecule has 11 atom stereocenters. The molecule has 0 spiro atoms. The van der Waals surface area contributed by atoms with E-state index in [-0.39, 0.29) is 63.7 Å². The lowest BCUT2D eigenvalue weighted by atomic mass is 9.37. The normalized spacial score (nSPS) is 43.2. The smallest absolute Gasteiger partial charge is 0.309 e. The summed E-state index contributed by atoms with van der Waals surface area (Å²) in [6.07, 6.45) is 8.86. The van der Waals surface area contributed by atoms with Crippen LogP contribution < -0.4 is 5.32 Å². The van der Waals surface area contributed by atoms with Gasteiger partial charge in [0.05, 0.1) is 22.8 Å². The molecular weight excluding hydrogens is 606 g/mol. The number of aliphatic carboxylic acids is 1. The van der Waals surface area contributed by atoms with Crippen molar-refractivity contribution in [2.45, 2.75) is 138 Å². The standard InChI is InChI=1S/C40H59NO7/c1-21(2)31-27(43)19-40(41-35(47)36(4,5)20-42)17-12-26-23(32(31)40)10-11-29-38(26,8)15-13-28-37(6,7)30(14-16-39(28,29)9)48-34(46)25-18-24(22(25)3)33(44)45/h20-26,28-30H,10-19H2,1-9H3,(H,41,47)(H,44,45). The SMILES string of the molecule is CC(C)C1=C2C3CCC4C(C)(CCC5C(C)(C)C(OC(=O)C6CC(C(=O)O)C6C)CCC54C)C3CCC2(NC(=O)C(C)(C)C=O)CC1=O. The van der Waals surface area contributed by atoms with Crippen LogP contribution in [0.1, 0.15) is 127 Å². The van der Waals surface area contributed by atoms with Gasteiger partial charge in [0.15, 0.2) is 5.78 Å². The highest BCUT2D eigenvalue weighted by Crippen LogP contribution is 2.72. The number of carboxylic acids is 1. The molecule has 6 aliphatic carbocycles. The van der Waals surface area contributed by atoms with Crippen LogP contribution in [0.5, 0.6) is 0 Å². The molecular formula is C40H59NO7. The summed E-state index contributed by atoms with van der Waals surface area (Å²) in [7, 11) is 0. The number of allylic oxidation sites excluding steroid dienone is 1. The molecule has 0 aromatic rings. The third kappa shape index (κ3) is 4.99. The second-order valence-corrected chi connectivity index (χ2v) is 18.9. The first-order valence-corrected chi connectivity index (χ1v) is 18.7. The van der Waals surface area contributed by atoms with E-state index in [1.165, 1.54) is 5.57 Å². The van der Waals surface area contributed by atoms with E-state index >= 15 is 0 Å². The van der Waals surface area contributed by atoms with Crippen LogP contribution in [0.25, 0.3) is 0 Å². The molecule has 2 N–H and O–H groups in total. The molecule has 0 heterocycles. The number of amides is 1. The van der Waals surface area contributed by atoms with E-state index in [2.05, 4.69) is 46.9 Å². The van der Waals surface area contributed by atoms with Gasteiger partial charge >= 0.3 is 11.9 Å². The van der Waals surface area contributed by atoms with Crippen LogP contribution in [-0.2, 0) is 28.7 Å². The average molecular weight is 666 g/mol. The van der Waals surface area contributed by atoms with Gasteiger partial charge < -0.3 is 20.0 Å². The minimum atomic E-state index is -1.16. The van der Waals surface area contributed by atoms with Crippen molar-refractivity contribution < 1.29 is 33.8 Å². The Labute approximate surface area is 287 Å². The Morgan fingerprint density at radius 1 is 0.938 bits per heavy atom. The van der Waals surface area contributed by atoms with Gasteiger partial charge in [-0.05, 0) is 129 Å². The number of carbonyl (C=O) groups is 5. The average Bonchev–Trinajstić information content (AvgIpc) is 3.29. The van der Waals surface area contributed by atoms with Gasteiger partial charge in [-0.25, -0.2) is 0 Å². The molecule has 1 amide bonds. The molecule has 8 nitrogen and oxygen atoms in total. The van der Waals surface area contributed by atoms with Crippen molar-refractivity contribution in [2.75, 3.05) is 0 Å². The number of hydrogen-bond donors (Lipinski definition) is 2. The predicted molar refractivity (Wildman–Crippen MR) is 181 cm³/mol. The Hall–Kier alpha value is -2.51. The van der Waals surface area contributed by atoms with E-state index in [1.54, 1.807) is 13.8 Å². The number of hydrogen-bond acceptors (Lipinski definition) is 6. The van der Waals surface area contributed by atoms with Crippen molar-refractivity contribution in [3.63, 3.8) is 0 Å². The van der Waals surface area contributed by atoms with Gasteiger partial charge in [-0.1, -0.05) is 48.5 Å². The Bertz CT molecular complexity index is 1440. The van der Waals surface area contributed by atoms with Gasteiger partial charge in [0.1, 0.15) is 12.4 Å². The molecule has 6 aliphatic rings. The maximum atomic E-state index is 13.7. The van der Waals surface area contributed by atoms with Crippen molar-refractivity contribution in [3.8, 4) is 0 Å². The lowest BCUT2D eigenvalue weighted by molar-refractivity contribution is -0.216. The van der Waals surface area contributed by atoms with Crippen molar-refractivity contribution in [2.24, 2.45) is 69.0 Å². The summed E-state index contributed by atoms with van der Waals surface area (Å²) in [5.74, 6) is -0.591. The van der Waals surface area contributed by atoms with Crippen LogP contribution in [0.2, 0.25) is 0 Å². The molecule has 5 saturated carbocycles. The van der Waals surface area contributed by atoms with E-state index in [4.69, 9.17) is 4.74 Å². The fourth-order valence-electron chi connectivity index (χ4n) is 12.7. The first-order valence-electron chi connectivity index (χ1n) is 18.7. The van der Waals surface area contributed by atoms with Gasteiger partial charge in [0, 0.05) is 11.8 Å². The summed E-state index contributed by atoms with van der Waals surface area (Å²) in [5.41, 5.74) is 0.185. The van der Waals surface area contributed by atoms with Crippen LogP contribution in [-0.4, -0.2) is 46.7 Å². The van der Waals surface area contributed by atoms with E-state index < -0.39 is 22.8 Å². The predicted octanol–water partition coefficient (Wildman–Crippen LogP) is 6.94. The summed E-state index contributed by atoms with van der Waals surface area (Å²) in [6.45, 7) is 18.9. The zero-order valence-corrected chi connectivity index (χ0v) is 30.7. The van der Waals surface area contributed by atoms with E-state index in [9.17, 15) is 29.1 Å². The van der Waals surface area contributed by atoms with Gasteiger partial charge in [0.25, 0.3) is 0 Å². The second-order valence-electron chi connectivity index (χ2n) is 18.9. The van der Waals surface area contributed by atoms with Gasteiger partial charge in [-0.3, -0.25) is 19.2 Å². The van der Waals surface area contributed by atoms with Crippen LogP contribution in [0.15, 0.2) is 11.1 Å². The number of Topliss-reactive ketones (excluding diaryl/α,β-unsaturated/α-hetero) is 1. The Morgan fingerprint density at radius 3 is 2.21 bits per heavy atom. The molecule has 6 rings (SSSR count). The number of rotatable bonds is 7. The lowest BCUT2D eigenvalue weighted by Gasteiger charge is -2.68. The molecule has 11 unspecified atom stereocenters. The largest absolute Gasteiger partial charge is 0.481 e. The number of esters is 1. The second kappa shape index (κ2) is 11.5. The van der Waals surface area contributed by atoms with Crippen LogP contribution >= 0.6 is 0 Å². The first kappa shape index (κ1) is 35.3. The number of ether oxygens (including phenoxy) is 1. The monoisotopic (exact) mass is 665 g/mol. The van der Waals surface area contributed by atoms with Gasteiger partial charge in [0.2, 0.25) is 5.91 Å². The van der Waals surface area contributed by atoms with Gasteiger partial charge in [-0.2, -0.15) is 0 Å². The van der Waals surface area contributed by atoms with Crippen molar-refractivity contribution in [1.82, 2.24) is 5.32 Å². The summed E-state index contributed by atoms with van der Waals surface area (Å²) >= 11 is 0. The number of aldehydes is 1. The third-order valence-electron chi connectivity index (χ3n) is 15.4. The molecule has 0 saturated heterocycles. The third-order valence-corrected chi connectivity index (χ3v) is 15.4. The minimum Gasteiger partial charge on any atom is -0.481 e. The molecule has 0 aromatic heterocycles. The lowest BCUT2D eigenvalue weighted by Crippen LogP contribution is -2.64. The van der Waals surface area contributed by atoms with Crippen LogP contribution in [0, 0.1) is 69.0 Å². The van der Waals surface area contributed by atoms with E-state index in [0.717, 1.165) is 56.9 Å². The number of carboxylic acid groups (broad SMARTS) is 1. The molecule has 48 heavy (non-hydrogen) atoms. The van der Waals surface area contributed by atoms with E-state index in [1.807, 2.05) is 6.92 Å². The van der Waals surface area contributed by atoms with Gasteiger partial charge in [-0.15, -0.1) is 0 Å². The Balaban J connectivity index is 1.25. The van der Waals surface area contributed by atoms with Crippen molar-refractivity contribution >= 4 is 29.9 Å². The number of ketones is 1. The quantitative estimate of drug-likeness (QED) is 0.171. The number of fused-ring (bicyclic) bond motifs is 7. The first-order chi connectivity index (χ1) is 22.2. The number of carbonyl (C=O) groups excluding carboxylic acids is 4. The topological polar surface area (TPSA) is 127 Å². The highest BCUT2D eigenvalue weighted by atomic mass is 16.5. The van der Waals surface area contributed by atoms with Crippen molar-refractivity contribution in [1.29, 1.82) is 0 Å². The Kier molecular flexibility index (Phi) is 8.47. The number of nitrogens with one attached hydrogen (secondary N) is 1. The summed E-state index contributed by atoms with van der Waals surface area (Å²) in [4.78, 5) is 63.8. The highest BCUT2D eigenvalue weighted by molar-refractivity contribution is 6.03.